The molecular formula is C21H26N2O3. The molecule has 26 heavy (non-hydrogen) atoms. The normalized spacial score (nSPS) is 18.5. The second-order valence-corrected chi connectivity index (χ2v) is 6.85. The number of aromatic nitrogens is 1. The Morgan fingerprint density at radius 1 is 1.19 bits per heavy atom. The average Bonchev–Trinajstić information content (AvgIpc) is 3.43. The van der Waals surface area contributed by atoms with Crippen molar-refractivity contribution < 1.29 is 14.3 Å². The minimum Gasteiger partial charge on any atom is -0.466 e. The molecule has 0 saturated heterocycles. The fraction of sp³-hybridized carbons (Fsp3) is 0.476. The Balaban J connectivity index is 1.71. The summed E-state index contributed by atoms with van der Waals surface area (Å²) in [4.78, 5) is 31.3. The van der Waals surface area contributed by atoms with E-state index in [1.165, 1.54) is 0 Å². The summed E-state index contributed by atoms with van der Waals surface area (Å²) in [6, 6.07) is 11.5. The Kier molecular flexibility index (Phi) is 5.86. The fourth-order valence-corrected chi connectivity index (χ4v) is 3.24. The van der Waals surface area contributed by atoms with Crippen LogP contribution in [0.4, 0.5) is 0 Å². The molecular weight excluding hydrogens is 328 g/mol. The zero-order valence-corrected chi connectivity index (χ0v) is 15.5. The van der Waals surface area contributed by atoms with Gasteiger partial charge in [-0.3, -0.25) is 9.59 Å². The first-order valence-electron chi connectivity index (χ1n) is 9.45. The summed E-state index contributed by atoms with van der Waals surface area (Å²) in [5, 5.41) is 1.02. The van der Waals surface area contributed by atoms with Crippen molar-refractivity contribution >= 4 is 22.8 Å². The number of ether oxygens (including phenoxy) is 1. The van der Waals surface area contributed by atoms with Crippen LogP contribution >= 0.6 is 0 Å². The molecule has 0 radical (unpaired) electrons. The standard InChI is InChI=1S/C21H26N2O3/c1-3-5-12-23(14-16-13-17(16)21(25)26-4-2)20(24)19-11-10-15-8-6-7-9-18(15)22-19/h6-11,16-17H,3-5,12-14H2,1-2H3/t16-,17+/m0/s1. The molecule has 1 heterocycles. The first-order valence-corrected chi connectivity index (χ1v) is 9.45. The molecule has 1 fully saturated rings. The highest BCUT2D eigenvalue weighted by molar-refractivity contribution is 5.95. The smallest absolute Gasteiger partial charge is 0.309 e. The van der Waals surface area contributed by atoms with Crippen molar-refractivity contribution in [3.8, 4) is 0 Å². The van der Waals surface area contributed by atoms with Crippen LogP contribution in [0.2, 0.25) is 0 Å². The Bertz CT molecular complexity index is 790. The van der Waals surface area contributed by atoms with Crippen LogP contribution in [-0.4, -0.2) is 41.5 Å². The van der Waals surface area contributed by atoms with Crippen LogP contribution in [0.3, 0.4) is 0 Å². The summed E-state index contributed by atoms with van der Waals surface area (Å²) in [5.74, 6) is -0.0466. The van der Waals surface area contributed by atoms with Crippen LogP contribution in [0.5, 0.6) is 0 Å². The van der Waals surface area contributed by atoms with Gasteiger partial charge in [0.2, 0.25) is 0 Å². The maximum Gasteiger partial charge on any atom is 0.309 e. The third-order valence-electron chi connectivity index (χ3n) is 4.85. The summed E-state index contributed by atoms with van der Waals surface area (Å²) < 4.78 is 5.10. The summed E-state index contributed by atoms with van der Waals surface area (Å²) in [5.41, 5.74) is 1.29. The number of benzene rings is 1. The Morgan fingerprint density at radius 3 is 2.77 bits per heavy atom. The van der Waals surface area contributed by atoms with Crippen LogP contribution in [0.15, 0.2) is 36.4 Å². The first-order chi connectivity index (χ1) is 12.6. The van der Waals surface area contributed by atoms with Gasteiger partial charge in [0.1, 0.15) is 5.69 Å². The predicted octanol–water partition coefficient (Wildman–Crippen LogP) is 3.68. The molecule has 1 aliphatic carbocycles. The molecule has 0 aliphatic heterocycles. The van der Waals surface area contributed by atoms with Crippen molar-refractivity contribution in [2.75, 3.05) is 19.7 Å². The summed E-state index contributed by atoms with van der Waals surface area (Å²) in [6.45, 7) is 5.61. The minimum absolute atomic E-state index is 0.0567. The van der Waals surface area contributed by atoms with Gasteiger partial charge in [-0.05, 0) is 37.8 Å². The van der Waals surface area contributed by atoms with Crippen molar-refractivity contribution in [2.45, 2.75) is 33.1 Å². The molecule has 1 aromatic heterocycles. The molecule has 1 aliphatic rings. The molecule has 0 spiro atoms. The number of nitrogens with zero attached hydrogens (tertiary/aromatic N) is 2. The highest BCUT2D eigenvalue weighted by Gasteiger charge is 2.45. The SMILES string of the molecule is CCCCN(C[C@@H]1C[C@H]1C(=O)OCC)C(=O)c1ccc2ccccc2n1. The second kappa shape index (κ2) is 8.30. The van der Waals surface area contributed by atoms with Crippen molar-refractivity contribution in [3.05, 3.63) is 42.1 Å². The molecule has 0 N–H and O–H groups in total. The lowest BCUT2D eigenvalue weighted by molar-refractivity contribution is -0.145. The fourth-order valence-electron chi connectivity index (χ4n) is 3.24. The molecule has 138 valence electrons. The summed E-state index contributed by atoms with van der Waals surface area (Å²) >= 11 is 0. The average molecular weight is 354 g/mol. The van der Waals surface area contributed by atoms with Gasteiger partial charge in [0, 0.05) is 18.5 Å². The molecule has 0 unspecified atom stereocenters. The van der Waals surface area contributed by atoms with Gasteiger partial charge in [0.25, 0.3) is 5.91 Å². The van der Waals surface area contributed by atoms with Crippen LogP contribution in [0.1, 0.15) is 43.6 Å². The van der Waals surface area contributed by atoms with Gasteiger partial charge in [0.05, 0.1) is 18.0 Å². The number of esters is 1. The lowest BCUT2D eigenvalue weighted by Crippen LogP contribution is -2.35. The van der Waals surface area contributed by atoms with E-state index in [9.17, 15) is 9.59 Å². The number of fused-ring (bicyclic) bond motifs is 1. The minimum atomic E-state index is -0.135. The van der Waals surface area contributed by atoms with Crippen molar-refractivity contribution in [1.29, 1.82) is 0 Å². The third-order valence-corrected chi connectivity index (χ3v) is 4.85. The number of amides is 1. The van der Waals surface area contributed by atoms with E-state index in [1.54, 1.807) is 6.07 Å². The number of pyridine rings is 1. The largest absolute Gasteiger partial charge is 0.466 e. The van der Waals surface area contributed by atoms with Crippen LogP contribution < -0.4 is 0 Å². The van der Waals surface area contributed by atoms with Gasteiger partial charge in [0.15, 0.2) is 0 Å². The number of para-hydroxylation sites is 1. The van der Waals surface area contributed by atoms with Crippen LogP contribution in [-0.2, 0) is 9.53 Å². The Hall–Kier alpha value is -2.43. The lowest BCUT2D eigenvalue weighted by atomic mass is 10.2. The lowest BCUT2D eigenvalue weighted by Gasteiger charge is -2.22. The summed E-state index contributed by atoms with van der Waals surface area (Å²) in [7, 11) is 0. The Morgan fingerprint density at radius 2 is 2.00 bits per heavy atom. The molecule has 5 nitrogen and oxygen atoms in total. The van der Waals surface area contributed by atoms with E-state index in [2.05, 4.69) is 11.9 Å². The van der Waals surface area contributed by atoms with Crippen molar-refractivity contribution in [3.63, 3.8) is 0 Å². The molecule has 2 aromatic rings. The monoisotopic (exact) mass is 354 g/mol. The predicted molar refractivity (Wildman–Crippen MR) is 101 cm³/mol. The van der Waals surface area contributed by atoms with Crippen LogP contribution in [0.25, 0.3) is 10.9 Å². The van der Waals surface area contributed by atoms with Crippen LogP contribution in [0, 0.1) is 11.8 Å². The topological polar surface area (TPSA) is 59.5 Å². The first kappa shape index (κ1) is 18.4. The number of carbonyl (C=O) groups excluding carboxylic acids is 2. The molecule has 0 bridgehead atoms. The number of hydrogen-bond donors (Lipinski definition) is 0. The molecule has 2 atom stereocenters. The van der Waals surface area contributed by atoms with E-state index in [0.29, 0.717) is 25.4 Å². The second-order valence-electron chi connectivity index (χ2n) is 6.85. The van der Waals surface area contributed by atoms with Crippen molar-refractivity contribution in [1.82, 2.24) is 9.88 Å². The van der Waals surface area contributed by atoms with Gasteiger partial charge in [-0.2, -0.15) is 0 Å². The number of unbranched alkanes of at least 4 members (excludes halogenated alkanes) is 1. The Labute approximate surface area is 154 Å². The number of hydrogen-bond acceptors (Lipinski definition) is 4. The quantitative estimate of drug-likeness (QED) is 0.679. The van der Waals surface area contributed by atoms with E-state index < -0.39 is 0 Å². The maximum atomic E-state index is 13.0. The summed E-state index contributed by atoms with van der Waals surface area (Å²) in [6.07, 6.45) is 2.76. The van der Waals surface area contributed by atoms with Gasteiger partial charge < -0.3 is 9.64 Å². The van der Waals surface area contributed by atoms with Gasteiger partial charge >= 0.3 is 5.97 Å². The molecule has 3 rings (SSSR count). The molecule has 1 saturated carbocycles. The van der Waals surface area contributed by atoms with E-state index in [0.717, 1.165) is 30.2 Å². The third kappa shape index (κ3) is 4.21. The van der Waals surface area contributed by atoms with Gasteiger partial charge in [-0.15, -0.1) is 0 Å². The van der Waals surface area contributed by atoms with E-state index in [4.69, 9.17) is 4.74 Å². The van der Waals surface area contributed by atoms with Crippen molar-refractivity contribution in [2.24, 2.45) is 11.8 Å². The highest BCUT2D eigenvalue weighted by Crippen LogP contribution is 2.40. The van der Waals surface area contributed by atoms with Gasteiger partial charge in [-0.25, -0.2) is 4.98 Å². The van der Waals surface area contributed by atoms with E-state index >= 15 is 0 Å². The van der Waals surface area contributed by atoms with E-state index in [-0.39, 0.29) is 23.7 Å². The zero-order valence-electron chi connectivity index (χ0n) is 15.5. The molecule has 1 amide bonds. The zero-order chi connectivity index (χ0) is 18.5. The van der Waals surface area contributed by atoms with E-state index in [1.807, 2.05) is 42.2 Å². The maximum absolute atomic E-state index is 13.0. The number of rotatable bonds is 8. The molecule has 1 aromatic carbocycles. The highest BCUT2D eigenvalue weighted by atomic mass is 16.5. The number of carbonyl (C=O) groups is 2. The molecule has 5 heteroatoms. The van der Waals surface area contributed by atoms with Gasteiger partial charge in [-0.1, -0.05) is 37.6 Å².